The van der Waals surface area contributed by atoms with Crippen molar-refractivity contribution in [3.8, 4) is 21.0 Å². The summed E-state index contributed by atoms with van der Waals surface area (Å²) in [6, 6.07) is 16.0. The summed E-state index contributed by atoms with van der Waals surface area (Å²) in [6.07, 6.45) is -0.157. The fourth-order valence-electron chi connectivity index (χ4n) is 2.71. The van der Waals surface area contributed by atoms with Crippen LogP contribution in [0.3, 0.4) is 0 Å². The minimum absolute atomic E-state index is 0. The van der Waals surface area contributed by atoms with Crippen molar-refractivity contribution in [2.24, 2.45) is 0 Å². The number of fused-ring (bicyclic) bond motifs is 1. The van der Waals surface area contributed by atoms with Gasteiger partial charge >= 0.3 is 29.6 Å². The summed E-state index contributed by atoms with van der Waals surface area (Å²) >= 11 is 9.13. The average Bonchev–Trinajstić information content (AvgIpc) is 3.23. The van der Waals surface area contributed by atoms with Crippen LogP contribution in [0.15, 0.2) is 48.5 Å². The molecule has 0 saturated heterocycles. The molecule has 0 aliphatic rings. The van der Waals surface area contributed by atoms with Gasteiger partial charge in [0.1, 0.15) is 0 Å². The molecule has 4 aromatic rings. The van der Waals surface area contributed by atoms with Crippen molar-refractivity contribution in [3.05, 3.63) is 58.6 Å². The summed E-state index contributed by atoms with van der Waals surface area (Å²) in [5, 5.41) is 12.3. The van der Waals surface area contributed by atoms with Gasteiger partial charge in [0.05, 0.1) is 14.9 Å². The van der Waals surface area contributed by atoms with E-state index in [1.807, 2.05) is 30.3 Å². The van der Waals surface area contributed by atoms with E-state index in [1.165, 1.54) is 21.4 Å². The molecule has 3 aromatic heterocycles. The third-order valence-corrected chi connectivity index (χ3v) is 6.16. The maximum Gasteiger partial charge on any atom is 1.00 e. The van der Waals surface area contributed by atoms with E-state index in [9.17, 15) is 9.90 Å². The fourth-order valence-corrected chi connectivity index (χ4v) is 4.83. The molecule has 3 heterocycles. The van der Waals surface area contributed by atoms with E-state index in [-0.39, 0.29) is 36.0 Å². The van der Waals surface area contributed by atoms with Crippen LogP contribution in [0.25, 0.3) is 31.1 Å². The molecule has 4 rings (SSSR count). The molecule has 3 nitrogen and oxygen atoms in total. The van der Waals surface area contributed by atoms with E-state index >= 15 is 0 Å². The standard InChI is InChI=1S/C18H12ClNO2S2.Na/c19-17-6-5-15(24-17)11-8-13(20-12(11)9-18(21)22)16-7-10-3-1-2-4-14(10)23-16;/h1-8,20H,9H2,(H,21,22);/q;+1/p-1. The first-order valence-electron chi connectivity index (χ1n) is 7.26. The number of hydrogen-bond acceptors (Lipinski definition) is 4. The largest absolute Gasteiger partial charge is 1.00 e. The summed E-state index contributed by atoms with van der Waals surface area (Å²) < 4.78 is 1.87. The van der Waals surface area contributed by atoms with E-state index in [0.29, 0.717) is 10.0 Å². The fraction of sp³-hybridized carbons (Fsp3) is 0.0556. The van der Waals surface area contributed by atoms with Gasteiger partial charge in [0.2, 0.25) is 0 Å². The molecule has 0 aliphatic carbocycles. The number of carboxylic acid groups (broad SMARTS) is 1. The number of aromatic nitrogens is 1. The van der Waals surface area contributed by atoms with Crippen LogP contribution < -0.4 is 34.7 Å². The van der Waals surface area contributed by atoms with Gasteiger partial charge in [-0.05, 0) is 35.7 Å². The third-order valence-electron chi connectivity index (χ3n) is 3.75. The SMILES string of the molecule is O=C([O-])Cc1[nH]c(-c2cc3ccccc3s2)cc1-c1ccc(Cl)s1.[Na+]. The van der Waals surface area contributed by atoms with E-state index < -0.39 is 5.97 Å². The molecule has 0 amide bonds. The molecule has 0 radical (unpaired) electrons. The molecule has 1 aromatic carbocycles. The quantitative estimate of drug-likeness (QED) is 0.533. The van der Waals surface area contributed by atoms with Gasteiger partial charge in [-0.3, -0.25) is 0 Å². The van der Waals surface area contributed by atoms with Crippen molar-refractivity contribution in [2.75, 3.05) is 0 Å². The van der Waals surface area contributed by atoms with Gasteiger partial charge in [0.15, 0.2) is 0 Å². The van der Waals surface area contributed by atoms with Crippen molar-refractivity contribution < 1.29 is 39.5 Å². The number of thiophene rings is 2. The van der Waals surface area contributed by atoms with Gasteiger partial charge in [-0.25, -0.2) is 0 Å². The van der Waals surface area contributed by atoms with Crippen LogP contribution in [0, 0.1) is 0 Å². The van der Waals surface area contributed by atoms with E-state index in [0.717, 1.165) is 21.0 Å². The number of nitrogens with one attached hydrogen (secondary N) is 1. The first-order chi connectivity index (χ1) is 11.6. The van der Waals surface area contributed by atoms with E-state index in [2.05, 4.69) is 23.2 Å². The maximum atomic E-state index is 11.1. The molecular formula is C18H11ClNNaO2S2. The Labute approximate surface area is 179 Å². The van der Waals surface area contributed by atoms with Gasteiger partial charge in [-0.15, -0.1) is 22.7 Å². The van der Waals surface area contributed by atoms with Gasteiger partial charge in [-0.2, -0.15) is 0 Å². The smallest absolute Gasteiger partial charge is 0.550 e. The minimum Gasteiger partial charge on any atom is -0.550 e. The zero-order valence-corrected chi connectivity index (χ0v) is 17.7. The Balaban J connectivity index is 0.00000182. The molecule has 25 heavy (non-hydrogen) atoms. The summed E-state index contributed by atoms with van der Waals surface area (Å²) in [6.45, 7) is 0. The summed E-state index contributed by atoms with van der Waals surface area (Å²) in [7, 11) is 0. The van der Waals surface area contributed by atoms with Gasteiger partial charge in [0.25, 0.3) is 0 Å². The van der Waals surface area contributed by atoms with Crippen LogP contribution in [0.4, 0.5) is 0 Å². The number of aromatic amines is 1. The van der Waals surface area contributed by atoms with Crippen LogP contribution in [0.2, 0.25) is 4.34 Å². The number of carbonyl (C=O) groups is 1. The Morgan fingerprint density at radius 2 is 1.88 bits per heavy atom. The van der Waals surface area contributed by atoms with Gasteiger partial charge in [0, 0.05) is 33.2 Å². The summed E-state index contributed by atoms with van der Waals surface area (Å²) in [5.74, 6) is -1.11. The van der Waals surface area contributed by atoms with Crippen LogP contribution in [-0.2, 0) is 11.2 Å². The molecule has 120 valence electrons. The number of benzene rings is 1. The minimum atomic E-state index is -1.11. The van der Waals surface area contributed by atoms with Crippen molar-refractivity contribution in [3.63, 3.8) is 0 Å². The predicted octanol–water partition coefficient (Wildman–Crippen LogP) is 1.57. The Morgan fingerprint density at radius 1 is 1.08 bits per heavy atom. The number of aliphatic carboxylic acids is 1. The van der Waals surface area contributed by atoms with Crippen LogP contribution in [0.1, 0.15) is 5.69 Å². The number of H-pyrrole nitrogens is 1. The van der Waals surface area contributed by atoms with Crippen LogP contribution in [-0.4, -0.2) is 11.0 Å². The zero-order valence-electron chi connectivity index (χ0n) is 13.3. The Bertz CT molecular complexity index is 1020. The van der Waals surface area contributed by atoms with E-state index in [1.54, 1.807) is 11.3 Å². The number of rotatable bonds is 4. The molecule has 7 heteroatoms. The Kier molecular flexibility index (Phi) is 5.73. The van der Waals surface area contributed by atoms with Crippen LogP contribution in [0.5, 0.6) is 0 Å². The molecule has 0 saturated carbocycles. The predicted molar refractivity (Wildman–Crippen MR) is 98.6 cm³/mol. The summed E-state index contributed by atoms with van der Waals surface area (Å²) in [5.41, 5.74) is 2.41. The molecule has 0 aliphatic heterocycles. The first-order valence-corrected chi connectivity index (χ1v) is 9.27. The zero-order chi connectivity index (χ0) is 16.7. The van der Waals surface area contributed by atoms with Gasteiger partial charge in [-0.1, -0.05) is 29.8 Å². The van der Waals surface area contributed by atoms with E-state index in [4.69, 9.17) is 11.6 Å². The average molecular weight is 396 g/mol. The Hall–Kier alpha value is -1.08. The number of carbonyl (C=O) groups excluding carboxylic acids is 1. The summed E-state index contributed by atoms with van der Waals surface area (Å²) in [4.78, 5) is 16.4. The van der Waals surface area contributed by atoms with Crippen molar-refractivity contribution >= 4 is 50.3 Å². The number of halogens is 1. The maximum absolute atomic E-state index is 11.1. The second kappa shape index (κ2) is 7.66. The second-order valence-electron chi connectivity index (χ2n) is 5.38. The van der Waals surface area contributed by atoms with Crippen molar-refractivity contribution in [2.45, 2.75) is 6.42 Å². The normalized spacial score (nSPS) is 10.8. The van der Waals surface area contributed by atoms with Crippen molar-refractivity contribution in [1.29, 1.82) is 0 Å². The topological polar surface area (TPSA) is 55.9 Å². The number of carboxylic acids is 1. The monoisotopic (exact) mass is 395 g/mol. The molecule has 0 unspecified atom stereocenters. The molecule has 0 bridgehead atoms. The number of hydrogen-bond donors (Lipinski definition) is 1. The van der Waals surface area contributed by atoms with Crippen molar-refractivity contribution in [1.82, 2.24) is 4.98 Å². The third kappa shape index (κ3) is 3.87. The molecule has 0 fully saturated rings. The second-order valence-corrected chi connectivity index (χ2v) is 8.18. The first kappa shape index (κ1) is 18.7. The molecular weight excluding hydrogens is 385 g/mol. The molecule has 0 spiro atoms. The Morgan fingerprint density at radius 3 is 2.56 bits per heavy atom. The van der Waals surface area contributed by atoms with Crippen LogP contribution >= 0.6 is 34.3 Å². The van der Waals surface area contributed by atoms with Gasteiger partial charge < -0.3 is 14.9 Å². The molecule has 0 atom stereocenters. The molecule has 1 N–H and O–H groups in total.